The van der Waals surface area contributed by atoms with E-state index in [0.717, 1.165) is 4.79 Å². The molecule has 0 saturated heterocycles. The zero-order valence-corrected chi connectivity index (χ0v) is 7.76. The van der Waals surface area contributed by atoms with Crippen molar-refractivity contribution in [2.75, 3.05) is 5.84 Å². The van der Waals surface area contributed by atoms with Crippen LogP contribution in [0.25, 0.3) is 0 Å². The van der Waals surface area contributed by atoms with Crippen LogP contribution in [-0.4, -0.2) is 21.1 Å². The number of hydrogen-bond acceptors (Lipinski definition) is 4. The highest BCUT2D eigenvalue weighted by Gasteiger charge is 2.06. The van der Waals surface area contributed by atoms with Gasteiger partial charge < -0.3 is 11.6 Å². The van der Waals surface area contributed by atoms with Crippen molar-refractivity contribution < 1.29 is 0 Å². The lowest BCUT2D eigenvalue weighted by Crippen LogP contribution is -2.22. The fraction of sp³-hybridized carbons (Fsp3) is 0.750. The summed E-state index contributed by atoms with van der Waals surface area (Å²) in [4.78, 5) is 1.14. The Bertz CT molecular complexity index is 202. The van der Waals surface area contributed by atoms with Crippen molar-refractivity contribution in [2.45, 2.75) is 38.1 Å². The van der Waals surface area contributed by atoms with Gasteiger partial charge in [0, 0.05) is 6.04 Å². The van der Waals surface area contributed by atoms with Gasteiger partial charge in [0.05, 0.1) is 12.4 Å². The first kappa shape index (κ1) is 9.98. The fourth-order valence-corrected chi connectivity index (χ4v) is 1.35. The molecule has 0 bridgehead atoms. The van der Waals surface area contributed by atoms with Crippen LogP contribution in [0.3, 0.4) is 0 Å². The molecule has 0 spiro atoms. The van der Waals surface area contributed by atoms with E-state index in [4.69, 9.17) is 11.6 Å². The van der Waals surface area contributed by atoms with E-state index in [9.17, 15) is 0 Å². The van der Waals surface area contributed by atoms with Crippen LogP contribution in [0.1, 0.15) is 32.1 Å². The molecule has 5 nitrogen and oxygen atoms in total. The van der Waals surface area contributed by atoms with Crippen LogP contribution >= 0.6 is 0 Å². The molecule has 0 atom stereocenters. The van der Waals surface area contributed by atoms with Gasteiger partial charge >= 0.3 is 0 Å². The van der Waals surface area contributed by atoms with Crippen molar-refractivity contribution in [1.82, 2.24) is 15.1 Å². The largest absolute Gasteiger partial charge is 0.328 e. The monoisotopic (exact) mass is 183 g/mol. The van der Waals surface area contributed by atoms with Gasteiger partial charge in [-0.05, 0) is 18.1 Å². The minimum atomic E-state index is 0.536. The van der Waals surface area contributed by atoms with E-state index >= 15 is 0 Å². The molecule has 0 radical (unpaired) electrons. The Labute approximate surface area is 78.1 Å². The Morgan fingerprint density at radius 1 is 1.23 bits per heavy atom. The smallest absolute Gasteiger partial charge is 0.0715 e. The average Bonchev–Trinajstić information content (AvgIpc) is 2.58. The lowest BCUT2D eigenvalue weighted by atomic mass is 9.97. The van der Waals surface area contributed by atoms with Gasteiger partial charge in [0.2, 0.25) is 0 Å². The summed E-state index contributed by atoms with van der Waals surface area (Å²) in [5, 5.41) is 6.77. The van der Waals surface area contributed by atoms with Crippen LogP contribution in [0.5, 0.6) is 0 Å². The molecule has 1 aliphatic rings. The minimum Gasteiger partial charge on any atom is -0.328 e. The Balaban J connectivity index is 0.000000132. The Hall–Kier alpha value is -1.10. The van der Waals surface area contributed by atoms with Crippen molar-refractivity contribution in [3.63, 3.8) is 0 Å². The second-order valence-corrected chi connectivity index (χ2v) is 3.28. The molecule has 1 aromatic rings. The van der Waals surface area contributed by atoms with Gasteiger partial charge in [0.25, 0.3) is 0 Å². The van der Waals surface area contributed by atoms with Crippen LogP contribution in [0.4, 0.5) is 0 Å². The topological polar surface area (TPSA) is 82.8 Å². The van der Waals surface area contributed by atoms with E-state index in [1.807, 2.05) is 0 Å². The third-order valence-corrected chi connectivity index (χ3v) is 2.09. The number of hydrogen-bond donors (Lipinski definition) is 2. The summed E-state index contributed by atoms with van der Waals surface area (Å²) in [6, 6.07) is 0.536. The molecule has 1 aliphatic carbocycles. The van der Waals surface area contributed by atoms with E-state index in [1.54, 1.807) is 6.20 Å². The van der Waals surface area contributed by atoms with E-state index in [2.05, 4.69) is 10.3 Å². The van der Waals surface area contributed by atoms with Crippen LogP contribution < -0.4 is 11.6 Å². The summed E-state index contributed by atoms with van der Waals surface area (Å²) in [6.45, 7) is 0. The van der Waals surface area contributed by atoms with Gasteiger partial charge in [-0.15, -0.1) is 5.10 Å². The van der Waals surface area contributed by atoms with Crippen LogP contribution in [-0.2, 0) is 0 Å². The molecule has 1 fully saturated rings. The molecule has 0 unspecified atom stereocenters. The molecular weight excluding hydrogens is 166 g/mol. The zero-order chi connectivity index (χ0) is 9.52. The number of nitrogens with two attached hydrogens (primary N) is 2. The summed E-state index contributed by atoms with van der Waals surface area (Å²) in [7, 11) is 0. The van der Waals surface area contributed by atoms with Gasteiger partial charge in [0.15, 0.2) is 0 Å². The lowest BCUT2D eigenvalue weighted by Gasteiger charge is -2.15. The fourth-order valence-electron chi connectivity index (χ4n) is 1.35. The van der Waals surface area contributed by atoms with Crippen molar-refractivity contribution in [2.24, 2.45) is 5.73 Å². The van der Waals surface area contributed by atoms with Gasteiger partial charge in [-0.25, -0.2) is 0 Å². The van der Waals surface area contributed by atoms with Crippen molar-refractivity contribution in [3.05, 3.63) is 12.4 Å². The van der Waals surface area contributed by atoms with E-state index in [0.29, 0.717) is 6.04 Å². The number of rotatable bonds is 0. The molecule has 1 aromatic heterocycles. The molecule has 13 heavy (non-hydrogen) atoms. The summed E-state index contributed by atoms with van der Waals surface area (Å²) in [5.74, 6) is 5.02. The SMILES string of the molecule is NC1CCCCC1.Nn1ccnn1. The maximum Gasteiger partial charge on any atom is 0.0715 e. The van der Waals surface area contributed by atoms with E-state index < -0.39 is 0 Å². The first-order valence-corrected chi connectivity index (χ1v) is 4.66. The third kappa shape index (κ3) is 4.47. The van der Waals surface area contributed by atoms with Gasteiger partial charge in [-0.3, -0.25) is 0 Å². The second-order valence-electron chi connectivity index (χ2n) is 3.28. The number of aromatic nitrogens is 3. The molecule has 1 heterocycles. The van der Waals surface area contributed by atoms with Gasteiger partial charge in [-0.1, -0.05) is 19.3 Å². The minimum absolute atomic E-state index is 0.536. The van der Waals surface area contributed by atoms with Crippen molar-refractivity contribution in [1.29, 1.82) is 0 Å². The van der Waals surface area contributed by atoms with E-state index in [1.165, 1.54) is 38.3 Å². The van der Waals surface area contributed by atoms with E-state index in [-0.39, 0.29) is 0 Å². The normalized spacial score (nSPS) is 17.6. The predicted octanol–water partition coefficient (Wildman–Crippen LogP) is 0.270. The summed E-state index contributed by atoms with van der Waals surface area (Å²) in [6.07, 6.45) is 9.73. The first-order chi connectivity index (χ1) is 6.29. The summed E-state index contributed by atoms with van der Waals surface area (Å²) < 4.78 is 0. The van der Waals surface area contributed by atoms with Gasteiger partial charge in [-0.2, -0.15) is 4.79 Å². The summed E-state index contributed by atoms with van der Waals surface area (Å²) >= 11 is 0. The molecule has 5 heteroatoms. The average molecular weight is 183 g/mol. The van der Waals surface area contributed by atoms with Crippen LogP contribution in [0.2, 0.25) is 0 Å². The zero-order valence-electron chi connectivity index (χ0n) is 7.76. The molecule has 0 amide bonds. The highest BCUT2D eigenvalue weighted by Crippen LogP contribution is 2.14. The van der Waals surface area contributed by atoms with Crippen molar-refractivity contribution in [3.8, 4) is 0 Å². The van der Waals surface area contributed by atoms with Gasteiger partial charge in [0.1, 0.15) is 0 Å². The molecular formula is C8H17N5. The molecule has 0 aromatic carbocycles. The molecule has 4 N–H and O–H groups in total. The number of nitrogens with zero attached hydrogens (tertiary/aromatic N) is 3. The number of nitrogen functional groups attached to an aromatic ring is 1. The molecule has 1 saturated carbocycles. The molecule has 74 valence electrons. The van der Waals surface area contributed by atoms with Crippen LogP contribution in [0.15, 0.2) is 12.4 Å². The highest BCUT2D eigenvalue weighted by molar-refractivity contribution is 4.66. The quantitative estimate of drug-likeness (QED) is 0.565. The summed E-state index contributed by atoms with van der Waals surface area (Å²) in [5.41, 5.74) is 5.63. The predicted molar refractivity (Wildman–Crippen MR) is 51.2 cm³/mol. The third-order valence-electron chi connectivity index (χ3n) is 2.09. The maximum atomic E-state index is 5.63. The Kier molecular flexibility index (Phi) is 4.25. The first-order valence-electron chi connectivity index (χ1n) is 4.66. The Morgan fingerprint density at radius 2 is 1.92 bits per heavy atom. The maximum absolute atomic E-state index is 5.63. The highest BCUT2D eigenvalue weighted by atomic mass is 15.5. The molecule has 0 aliphatic heterocycles. The standard InChI is InChI=1S/C6H13N.C2H4N4/c7-6-4-2-1-3-5-6;3-6-2-1-4-5-6/h6H,1-5,7H2;1-2H,3H2. The Morgan fingerprint density at radius 3 is 2.15 bits per heavy atom. The second kappa shape index (κ2) is 5.53. The van der Waals surface area contributed by atoms with Crippen LogP contribution in [0, 0.1) is 0 Å². The lowest BCUT2D eigenvalue weighted by molar-refractivity contribution is 0.441. The molecule has 2 rings (SSSR count). The van der Waals surface area contributed by atoms with Crippen molar-refractivity contribution >= 4 is 0 Å².